The van der Waals surface area contributed by atoms with Crippen LogP contribution in [0.4, 0.5) is 17.1 Å². The van der Waals surface area contributed by atoms with Crippen LogP contribution in [-0.2, 0) is 5.41 Å². The number of rotatable bonds is 7. The summed E-state index contributed by atoms with van der Waals surface area (Å²) < 4.78 is 0. The van der Waals surface area contributed by atoms with Crippen LogP contribution in [-0.4, -0.2) is 0 Å². The minimum absolute atomic E-state index is 0.482. The van der Waals surface area contributed by atoms with E-state index in [1.165, 1.54) is 86.6 Å². The zero-order chi connectivity index (χ0) is 41.7. The largest absolute Gasteiger partial charge is 0.310 e. The average Bonchev–Trinajstić information content (AvgIpc) is 3.37. The minimum atomic E-state index is -0.482. The average molecular weight is 820 g/mol. The predicted molar refractivity (Wildman–Crippen MR) is 267 cm³/mol. The van der Waals surface area contributed by atoms with E-state index in [1.807, 2.05) is 11.8 Å². The van der Waals surface area contributed by atoms with Gasteiger partial charge in [-0.3, -0.25) is 0 Å². The van der Waals surface area contributed by atoms with Gasteiger partial charge in [-0.05, 0) is 131 Å². The Kier molecular flexibility index (Phi) is 9.06. The normalized spacial score (nSPS) is 12.8. The molecule has 63 heavy (non-hydrogen) atoms. The Morgan fingerprint density at radius 2 is 0.683 bits per heavy atom. The second-order valence-electron chi connectivity index (χ2n) is 16.4. The van der Waals surface area contributed by atoms with Crippen molar-refractivity contribution in [1.29, 1.82) is 0 Å². The number of hydrogen-bond donors (Lipinski definition) is 0. The van der Waals surface area contributed by atoms with Gasteiger partial charge in [0.2, 0.25) is 0 Å². The molecule has 0 aliphatic carbocycles. The molecule has 0 radical (unpaired) electrons. The van der Waals surface area contributed by atoms with Crippen molar-refractivity contribution in [2.24, 2.45) is 0 Å². The maximum Gasteiger partial charge on any atom is 0.0723 e. The molecule has 0 atom stereocenters. The lowest BCUT2D eigenvalue weighted by molar-refractivity contribution is 0.703. The minimum Gasteiger partial charge on any atom is -0.310 e. The van der Waals surface area contributed by atoms with Crippen LogP contribution >= 0.6 is 11.8 Å². The Balaban J connectivity index is 1.01. The fourth-order valence-corrected chi connectivity index (χ4v) is 11.3. The summed E-state index contributed by atoms with van der Waals surface area (Å²) in [7, 11) is 0. The van der Waals surface area contributed by atoms with Crippen molar-refractivity contribution in [2.45, 2.75) is 15.2 Å². The van der Waals surface area contributed by atoms with Crippen LogP contribution in [0.25, 0.3) is 54.6 Å². The molecule has 0 aromatic heterocycles. The Labute approximate surface area is 372 Å². The SMILES string of the molecule is c1ccc(-c2ccc(N(c3ccc(-c4ccc5c(c4)C(c4ccccc4)(c4ccccc4)c4ccccc4S5)cc3)c3ccc4c5ccccc5c5ccccc5c4c3)cc2)cc1. The number of nitrogens with zero attached hydrogens (tertiary/aromatic N) is 1. The molecule has 1 heterocycles. The summed E-state index contributed by atoms with van der Waals surface area (Å²) in [6.45, 7) is 0. The standard InChI is InChI=1S/C61H41NS/c1-4-16-42(17-5-1)43-28-33-48(34-29-43)62(50-37-38-55-53-24-11-10-22-51(53)52-23-12-13-25-54(52)56(55)41-50)49-35-30-44(31-36-49)45-32-39-60-58(40-45)61(46-18-6-2-7-19-46,47-20-8-3-9-21-47)57-26-14-15-27-59(57)63-60/h1-41H. The summed E-state index contributed by atoms with van der Waals surface area (Å²) in [5.74, 6) is 0. The Morgan fingerprint density at radius 1 is 0.270 bits per heavy atom. The van der Waals surface area contributed by atoms with Crippen LogP contribution in [0.3, 0.4) is 0 Å². The van der Waals surface area contributed by atoms with Gasteiger partial charge in [-0.1, -0.05) is 206 Å². The highest BCUT2D eigenvalue weighted by atomic mass is 32.2. The summed E-state index contributed by atoms with van der Waals surface area (Å²) in [6, 6.07) is 91.5. The topological polar surface area (TPSA) is 3.24 Å². The molecule has 296 valence electrons. The van der Waals surface area contributed by atoms with Crippen LogP contribution < -0.4 is 4.90 Å². The summed E-state index contributed by atoms with van der Waals surface area (Å²) >= 11 is 1.87. The van der Waals surface area contributed by atoms with E-state index in [2.05, 4.69) is 254 Å². The van der Waals surface area contributed by atoms with E-state index in [-0.39, 0.29) is 0 Å². The van der Waals surface area contributed by atoms with E-state index in [9.17, 15) is 0 Å². The highest BCUT2D eigenvalue weighted by Crippen LogP contribution is 2.56. The summed E-state index contributed by atoms with van der Waals surface area (Å²) in [5.41, 5.74) is 12.8. The molecule has 0 spiro atoms. The van der Waals surface area contributed by atoms with Gasteiger partial charge in [-0.25, -0.2) is 0 Å². The van der Waals surface area contributed by atoms with Crippen molar-refractivity contribution in [3.63, 3.8) is 0 Å². The first kappa shape index (κ1) is 37.1. The Morgan fingerprint density at radius 3 is 1.27 bits per heavy atom. The third-order valence-electron chi connectivity index (χ3n) is 13.0. The van der Waals surface area contributed by atoms with Gasteiger partial charge < -0.3 is 4.90 Å². The second-order valence-corrected chi connectivity index (χ2v) is 17.5. The molecular weight excluding hydrogens is 779 g/mol. The van der Waals surface area contributed by atoms with Crippen molar-refractivity contribution >= 4 is 61.1 Å². The van der Waals surface area contributed by atoms with E-state index < -0.39 is 5.41 Å². The third kappa shape index (κ3) is 6.17. The number of fused-ring (bicyclic) bond motifs is 8. The molecule has 11 aromatic carbocycles. The summed E-state index contributed by atoms with van der Waals surface area (Å²) in [6.07, 6.45) is 0. The fourth-order valence-electron chi connectivity index (χ4n) is 10.1. The number of hydrogen-bond acceptors (Lipinski definition) is 2. The molecule has 0 unspecified atom stereocenters. The molecule has 2 heteroatoms. The molecular formula is C61H41NS. The molecule has 11 aromatic rings. The van der Waals surface area contributed by atoms with Crippen molar-refractivity contribution in [3.05, 3.63) is 271 Å². The molecule has 0 saturated heterocycles. The predicted octanol–water partition coefficient (Wildman–Crippen LogP) is 16.8. The lowest BCUT2D eigenvalue weighted by Gasteiger charge is -2.42. The maximum absolute atomic E-state index is 2.45. The van der Waals surface area contributed by atoms with E-state index >= 15 is 0 Å². The van der Waals surface area contributed by atoms with Crippen LogP contribution in [0, 0.1) is 0 Å². The second kappa shape index (κ2) is 15.4. The molecule has 12 rings (SSSR count). The van der Waals surface area contributed by atoms with E-state index in [4.69, 9.17) is 0 Å². The lowest BCUT2D eigenvalue weighted by Crippen LogP contribution is -2.34. The van der Waals surface area contributed by atoms with Gasteiger partial charge in [0.15, 0.2) is 0 Å². The highest BCUT2D eigenvalue weighted by Gasteiger charge is 2.44. The first-order chi connectivity index (χ1) is 31.2. The Bertz CT molecular complexity index is 3380. The van der Waals surface area contributed by atoms with Crippen LogP contribution in [0.15, 0.2) is 259 Å². The quantitative estimate of drug-likeness (QED) is 0.147. The van der Waals surface area contributed by atoms with Gasteiger partial charge >= 0.3 is 0 Å². The zero-order valence-electron chi connectivity index (χ0n) is 34.5. The van der Waals surface area contributed by atoms with Crippen molar-refractivity contribution in [3.8, 4) is 22.3 Å². The molecule has 1 aliphatic heterocycles. The third-order valence-corrected chi connectivity index (χ3v) is 14.1. The monoisotopic (exact) mass is 819 g/mol. The smallest absolute Gasteiger partial charge is 0.0723 e. The first-order valence-electron chi connectivity index (χ1n) is 21.7. The highest BCUT2D eigenvalue weighted by molar-refractivity contribution is 7.99. The van der Waals surface area contributed by atoms with Crippen molar-refractivity contribution in [1.82, 2.24) is 0 Å². The van der Waals surface area contributed by atoms with Gasteiger partial charge in [-0.15, -0.1) is 0 Å². The fraction of sp³-hybridized carbons (Fsp3) is 0.0164. The molecule has 0 bridgehead atoms. The van der Waals surface area contributed by atoms with E-state index in [0.29, 0.717) is 0 Å². The Hall–Kier alpha value is -7.65. The summed E-state index contributed by atoms with van der Waals surface area (Å²) in [4.78, 5) is 4.98. The van der Waals surface area contributed by atoms with E-state index in [1.54, 1.807) is 0 Å². The summed E-state index contributed by atoms with van der Waals surface area (Å²) in [5, 5.41) is 7.61. The first-order valence-corrected chi connectivity index (χ1v) is 22.5. The van der Waals surface area contributed by atoms with Gasteiger partial charge in [-0.2, -0.15) is 0 Å². The van der Waals surface area contributed by atoms with Crippen LogP contribution in [0.5, 0.6) is 0 Å². The van der Waals surface area contributed by atoms with Crippen LogP contribution in [0.1, 0.15) is 22.3 Å². The molecule has 0 amide bonds. The number of benzene rings is 11. The van der Waals surface area contributed by atoms with Crippen LogP contribution in [0.2, 0.25) is 0 Å². The van der Waals surface area contributed by atoms with Gasteiger partial charge in [0, 0.05) is 26.9 Å². The lowest BCUT2D eigenvalue weighted by atomic mass is 9.64. The molecule has 1 nitrogen and oxygen atoms in total. The zero-order valence-corrected chi connectivity index (χ0v) is 35.3. The van der Waals surface area contributed by atoms with Crippen molar-refractivity contribution < 1.29 is 0 Å². The molecule has 1 aliphatic rings. The van der Waals surface area contributed by atoms with Gasteiger partial charge in [0.1, 0.15) is 0 Å². The number of anilines is 3. The van der Waals surface area contributed by atoms with E-state index in [0.717, 1.165) is 17.1 Å². The van der Waals surface area contributed by atoms with Crippen molar-refractivity contribution in [2.75, 3.05) is 4.90 Å². The molecule has 0 N–H and O–H groups in total. The van der Waals surface area contributed by atoms with Gasteiger partial charge in [0.25, 0.3) is 0 Å². The maximum atomic E-state index is 2.45. The molecule has 0 fully saturated rings. The van der Waals surface area contributed by atoms with Gasteiger partial charge in [0.05, 0.1) is 5.41 Å². The molecule has 0 saturated carbocycles.